The molecule has 5 heteroatoms. The van der Waals surface area contributed by atoms with Gasteiger partial charge in [0.1, 0.15) is 6.04 Å². The molecule has 0 amide bonds. The van der Waals surface area contributed by atoms with Crippen molar-refractivity contribution in [3.05, 3.63) is 0 Å². The van der Waals surface area contributed by atoms with Crippen molar-refractivity contribution in [2.45, 2.75) is 31.8 Å². The normalized spacial score (nSPS) is 32.5. The fraction of sp³-hybridized carbons (Fsp3) is 0.750. The fourth-order valence-electron chi connectivity index (χ4n) is 1.39. The molecule has 0 saturated carbocycles. The van der Waals surface area contributed by atoms with E-state index in [2.05, 4.69) is 10.6 Å². The van der Waals surface area contributed by atoms with Gasteiger partial charge in [-0.3, -0.25) is 4.79 Å². The first-order valence-corrected chi connectivity index (χ1v) is 5.83. The average molecular weight is 218 g/mol. The highest BCUT2D eigenvalue weighted by atomic mass is 32.2. The van der Waals surface area contributed by atoms with Crippen LogP contribution in [0, 0.1) is 0 Å². The van der Waals surface area contributed by atoms with Crippen LogP contribution in [0.4, 0.5) is 0 Å². The Bertz CT molecular complexity index is 244. The second-order valence-electron chi connectivity index (χ2n) is 3.33. The predicted octanol–water partition coefficient (Wildman–Crippen LogP) is 0.891. The first-order chi connectivity index (χ1) is 6.03. The van der Waals surface area contributed by atoms with Gasteiger partial charge in [0, 0.05) is 0 Å². The molecule has 2 N–H and O–H groups in total. The van der Waals surface area contributed by atoms with Crippen molar-refractivity contribution in [1.29, 1.82) is 0 Å². The highest BCUT2D eigenvalue weighted by Crippen LogP contribution is 2.23. The van der Waals surface area contributed by atoms with E-state index in [0.717, 1.165) is 6.42 Å². The molecule has 1 aliphatic rings. The number of carbonyl (C=O) groups is 1. The van der Waals surface area contributed by atoms with Crippen molar-refractivity contribution in [3.63, 3.8) is 0 Å². The number of thioether (sulfide) groups is 1. The van der Waals surface area contributed by atoms with Gasteiger partial charge in [0.2, 0.25) is 5.12 Å². The molecule has 0 aliphatic carbocycles. The highest BCUT2D eigenvalue weighted by Gasteiger charge is 2.43. The zero-order chi connectivity index (χ0) is 10.1. The molecule has 0 bridgehead atoms. The van der Waals surface area contributed by atoms with Crippen LogP contribution in [-0.4, -0.2) is 28.1 Å². The monoisotopic (exact) mass is 218 g/mol. The number of hydrogen-bond acceptors (Lipinski definition) is 3. The van der Waals surface area contributed by atoms with Gasteiger partial charge in [0.15, 0.2) is 5.11 Å². The summed E-state index contributed by atoms with van der Waals surface area (Å²) in [6.07, 6.45) is 2.67. The van der Waals surface area contributed by atoms with Crippen LogP contribution in [0.2, 0.25) is 0 Å². The lowest BCUT2D eigenvalue weighted by atomic mass is 9.92. The standard InChI is InChI=1S/C8H14N2OS2/c1-4-8(2)5(6(11)13-3)9-7(12)10-8/h5H,4H2,1-3H3,(H2,9,10,12). The molecule has 2 unspecified atom stereocenters. The van der Waals surface area contributed by atoms with Gasteiger partial charge in [-0.1, -0.05) is 18.7 Å². The SMILES string of the molecule is CCC1(C)NC(=S)NC1C(=O)SC. The van der Waals surface area contributed by atoms with Crippen LogP contribution >= 0.6 is 24.0 Å². The minimum absolute atomic E-state index is 0.136. The van der Waals surface area contributed by atoms with Gasteiger partial charge in [-0.2, -0.15) is 0 Å². The Balaban J connectivity index is 2.83. The molecule has 1 heterocycles. The Morgan fingerprint density at radius 1 is 1.77 bits per heavy atom. The Morgan fingerprint density at radius 3 is 2.85 bits per heavy atom. The largest absolute Gasteiger partial charge is 0.355 e. The Hall–Kier alpha value is -0.290. The molecule has 0 aromatic rings. The molecule has 0 radical (unpaired) electrons. The summed E-state index contributed by atoms with van der Waals surface area (Å²) in [6, 6.07) is -0.194. The maximum atomic E-state index is 11.5. The zero-order valence-electron chi connectivity index (χ0n) is 8.01. The molecule has 1 saturated heterocycles. The quantitative estimate of drug-likeness (QED) is 0.674. The number of hydrogen-bond donors (Lipinski definition) is 2. The summed E-state index contributed by atoms with van der Waals surface area (Å²) in [6.45, 7) is 4.06. The predicted molar refractivity (Wildman–Crippen MR) is 59.9 cm³/mol. The van der Waals surface area contributed by atoms with E-state index in [0.29, 0.717) is 5.11 Å². The molecule has 1 aliphatic heterocycles. The molecule has 0 aromatic heterocycles. The Morgan fingerprint density at radius 2 is 2.38 bits per heavy atom. The van der Waals surface area contributed by atoms with Crippen LogP contribution in [0.3, 0.4) is 0 Å². The maximum Gasteiger partial charge on any atom is 0.213 e. The van der Waals surface area contributed by atoms with Gasteiger partial charge < -0.3 is 10.6 Å². The van der Waals surface area contributed by atoms with E-state index in [1.54, 1.807) is 6.26 Å². The van der Waals surface area contributed by atoms with E-state index in [4.69, 9.17) is 12.2 Å². The number of rotatable bonds is 2. The summed E-state index contributed by atoms with van der Waals surface area (Å²) < 4.78 is 0. The first kappa shape index (κ1) is 10.8. The summed E-state index contributed by atoms with van der Waals surface area (Å²) >= 11 is 6.24. The van der Waals surface area contributed by atoms with Gasteiger partial charge in [-0.05, 0) is 31.8 Å². The van der Waals surface area contributed by atoms with E-state index < -0.39 is 0 Å². The zero-order valence-corrected chi connectivity index (χ0v) is 9.64. The van der Waals surface area contributed by atoms with E-state index in [1.807, 2.05) is 13.8 Å². The van der Waals surface area contributed by atoms with E-state index in [1.165, 1.54) is 11.8 Å². The molecule has 2 atom stereocenters. The fourth-order valence-corrected chi connectivity index (χ4v) is 2.29. The molecule has 13 heavy (non-hydrogen) atoms. The van der Waals surface area contributed by atoms with Gasteiger partial charge >= 0.3 is 0 Å². The van der Waals surface area contributed by atoms with Crippen LogP contribution < -0.4 is 10.6 Å². The maximum absolute atomic E-state index is 11.5. The van der Waals surface area contributed by atoms with E-state index >= 15 is 0 Å². The van der Waals surface area contributed by atoms with Crippen LogP contribution in [0.25, 0.3) is 0 Å². The molecular formula is C8H14N2OS2. The number of carbonyl (C=O) groups excluding carboxylic acids is 1. The molecule has 0 aromatic carbocycles. The van der Waals surface area contributed by atoms with Crippen molar-refractivity contribution in [2.75, 3.05) is 6.26 Å². The highest BCUT2D eigenvalue weighted by molar-refractivity contribution is 8.13. The summed E-state index contributed by atoms with van der Waals surface area (Å²) in [7, 11) is 0. The lowest BCUT2D eigenvalue weighted by Crippen LogP contribution is -2.49. The minimum atomic E-state index is -0.225. The third-order valence-corrected chi connectivity index (χ3v) is 3.34. The van der Waals surface area contributed by atoms with Gasteiger partial charge in [0.05, 0.1) is 5.54 Å². The van der Waals surface area contributed by atoms with Crippen LogP contribution in [0.5, 0.6) is 0 Å². The molecular weight excluding hydrogens is 204 g/mol. The molecule has 3 nitrogen and oxygen atoms in total. The Labute approximate surface area is 88.0 Å². The smallest absolute Gasteiger partial charge is 0.213 e. The van der Waals surface area contributed by atoms with Crippen LogP contribution in [0.15, 0.2) is 0 Å². The third kappa shape index (κ3) is 1.96. The molecule has 1 rings (SSSR count). The lowest BCUT2D eigenvalue weighted by Gasteiger charge is -2.27. The van der Waals surface area contributed by atoms with E-state index in [9.17, 15) is 4.79 Å². The van der Waals surface area contributed by atoms with Crippen molar-refractivity contribution >= 4 is 34.2 Å². The van der Waals surface area contributed by atoms with Crippen LogP contribution in [0.1, 0.15) is 20.3 Å². The summed E-state index contributed by atoms with van der Waals surface area (Å²) in [4.78, 5) is 11.5. The Kier molecular flexibility index (Phi) is 3.18. The first-order valence-electron chi connectivity index (χ1n) is 4.20. The van der Waals surface area contributed by atoms with Gasteiger partial charge in [-0.15, -0.1) is 0 Å². The number of thiocarbonyl (C=S) groups is 1. The molecule has 74 valence electrons. The number of nitrogens with one attached hydrogen (secondary N) is 2. The third-order valence-electron chi connectivity index (χ3n) is 2.48. The van der Waals surface area contributed by atoms with Crippen LogP contribution in [-0.2, 0) is 4.79 Å². The second kappa shape index (κ2) is 3.84. The van der Waals surface area contributed by atoms with Crippen molar-refractivity contribution in [3.8, 4) is 0 Å². The minimum Gasteiger partial charge on any atom is -0.355 e. The van der Waals surface area contributed by atoms with Gasteiger partial charge in [-0.25, -0.2) is 0 Å². The lowest BCUT2D eigenvalue weighted by molar-refractivity contribution is -0.113. The summed E-state index contributed by atoms with van der Waals surface area (Å²) in [5, 5.41) is 6.84. The second-order valence-corrected chi connectivity index (χ2v) is 4.54. The van der Waals surface area contributed by atoms with Crippen molar-refractivity contribution in [1.82, 2.24) is 10.6 Å². The van der Waals surface area contributed by atoms with Gasteiger partial charge in [0.25, 0.3) is 0 Å². The van der Waals surface area contributed by atoms with Crippen molar-refractivity contribution in [2.24, 2.45) is 0 Å². The van der Waals surface area contributed by atoms with Crippen molar-refractivity contribution < 1.29 is 4.79 Å². The topological polar surface area (TPSA) is 41.1 Å². The average Bonchev–Trinajstić information content (AvgIpc) is 2.41. The summed E-state index contributed by atoms with van der Waals surface area (Å²) in [5.41, 5.74) is -0.225. The van der Waals surface area contributed by atoms with E-state index in [-0.39, 0.29) is 16.7 Å². The molecule has 1 fully saturated rings. The molecule has 0 spiro atoms. The summed E-state index contributed by atoms with van der Waals surface area (Å²) in [5.74, 6) is 0.